The first-order valence-corrected chi connectivity index (χ1v) is 8.61. The molecular weight excluding hydrogens is 188 g/mol. The van der Waals surface area contributed by atoms with E-state index in [2.05, 4.69) is 45.2 Å². The lowest BCUT2D eigenvalue weighted by molar-refractivity contribution is 0.322. The van der Waals surface area contributed by atoms with Crippen LogP contribution in [-0.4, -0.2) is 14.9 Å². The van der Waals surface area contributed by atoms with Gasteiger partial charge in [0.2, 0.25) is 0 Å². The van der Waals surface area contributed by atoms with Crippen molar-refractivity contribution in [3.8, 4) is 0 Å². The van der Waals surface area contributed by atoms with Crippen molar-refractivity contribution in [3.63, 3.8) is 0 Å². The van der Waals surface area contributed by atoms with E-state index in [1.54, 1.807) is 0 Å². The van der Waals surface area contributed by atoms with Gasteiger partial charge >= 0.3 is 0 Å². The fourth-order valence-corrected chi connectivity index (χ4v) is 5.28. The molecule has 1 nitrogen and oxygen atoms in total. The molecule has 0 fully saturated rings. The van der Waals surface area contributed by atoms with E-state index in [0.29, 0.717) is 5.54 Å². The second-order valence-corrected chi connectivity index (χ2v) is 8.53. The molecule has 0 spiro atoms. The second kappa shape index (κ2) is 4.94. The first-order valence-electron chi connectivity index (χ1n) is 5.62. The van der Waals surface area contributed by atoms with Crippen LogP contribution in [0.3, 0.4) is 0 Å². The van der Waals surface area contributed by atoms with Crippen LogP contribution in [0.4, 0.5) is 0 Å². The molecule has 0 aromatic heterocycles. The van der Waals surface area contributed by atoms with E-state index >= 15 is 0 Å². The van der Waals surface area contributed by atoms with Crippen LogP contribution in [0.2, 0.25) is 18.6 Å². The average Bonchev–Trinajstić information content (AvgIpc) is 2.57. The lowest BCUT2D eigenvalue weighted by Gasteiger charge is -2.31. The highest BCUT2D eigenvalue weighted by molar-refractivity contribution is 6.73. The summed E-state index contributed by atoms with van der Waals surface area (Å²) < 4.78 is 5.96. The SMILES string of the molecule is CCO[Si](C)(C)C(CC)C1=CCC=C1. The monoisotopic (exact) mass is 210 g/mol. The van der Waals surface area contributed by atoms with Gasteiger partial charge < -0.3 is 4.43 Å². The van der Waals surface area contributed by atoms with Gasteiger partial charge in [-0.25, -0.2) is 0 Å². The summed E-state index contributed by atoms with van der Waals surface area (Å²) in [5.74, 6) is 0. The predicted molar refractivity (Wildman–Crippen MR) is 65.0 cm³/mol. The van der Waals surface area contributed by atoms with E-state index in [9.17, 15) is 0 Å². The van der Waals surface area contributed by atoms with E-state index in [4.69, 9.17) is 4.43 Å². The van der Waals surface area contributed by atoms with Crippen LogP contribution < -0.4 is 0 Å². The van der Waals surface area contributed by atoms with Gasteiger partial charge in [-0.1, -0.05) is 25.2 Å². The molecule has 1 atom stereocenters. The number of rotatable bonds is 5. The van der Waals surface area contributed by atoms with Crippen molar-refractivity contribution >= 4 is 8.32 Å². The molecule has 0 N–H and O–H groups in total. The lowest BCUT2D eigenvalue weighted by atomic mass is 10.1. The summed E-state index contributed by atoms with van der Waals surface area (Å²) in [5.41, 5.74) is 2.18. The molecule has 0 bridgehead atoms. The molecule has 0 amide bonds. The minimum Gasteiger partial charge on any atom is -0.417 e. The number of hydrogen-bond donors (Lipinski definition) is 0. The standard InChI is InChI=1S/C12H22OSi/c1-5-12(11-9-7-8-10-11)14(3,4)13-6-2/h7,9-10,12H,5-6,8H2,1-4H3. The lowest BCUT2D eigenvalue weighted by Crippen LogP contribution is -2.37. The minimum atomic E-state index is -1.52. The van der Waals surface area contributed by atoms with Crippen LogP contribution >= 0.6 is 0 Å². The Hall–Kier alpha value is -0.343. The quantitative estimate of drug-likeness (QED) is 0.625. The van der Waals surface area contributed by atoms with Crippen LogP contribution in [0.1, 0.15) is 26.7 Å². The summed E-state index contributed by atoms with van der Waals surface area (Å²) in [6.45, 7) is 9.88. The zero-order chi connectivity index (χ0) is 10.6. The Morgan fingerprint density at radius 3 is 2.57 bits per heavy atom. The minimum absolute atomic E-state index is 0.668. The maximum Gasteiger partial charge on any atom is 0.194 e. The smallest absolute Gasteiger partial charge is 0.194 e. The van der Waals surface area contributed by atoms with Crippen LogP contribution in [0.5, 0.6) is 0 Å². The zero-order valence-electron chi connectivity index (χ0n) is 9.84. The highest BCUT2D eigenvalue weighted by atomic mass is 28.4. The molecule has 0 aromatic rings. The van der Waals surface area contributed by atoms with Crippen LogP contribution in [0.15, 0.2) is 23.8 Å². The highest BCUT2D eigenvalue weighted by Gasteiger charge is 2.34. The van der Waals surface area contributed by atoms with E-state index < -0.39 is 8.32 Å². The molecular formula is C12H22OSi. The molecule has 0 aromatic carbocycles. The number of allylic oxidation sites excluding steroid dienone is 4. The molecule has 0 radical (unpaired) electrons. The second-order valence-electron chi connectivity index (χ2n) is 4.34. The third kappa shape index (κ3) is 2.58. The van der Waals surface area contributed by atoms with Gasteiger partial charge in [0.1, 0.15) is 0 Å². The van der Waals surface area contributed by atoms with E-state index in [1.165, 1.54) is 12.0 Å². The van der Waals surface area contributed by atoms with Crippen molar-refractivity contribution < 1.29 is 4.43 Å². The van der Waals surface area contributed by atoms with E-state index in [0.717, 1.165) is 13.0 Å². The van der Waals surface area contributed by atoms with Gasteiger partial charge in [-0.3, -0.25) is 0 Å². The van der Waals surface area contributed by atoms with Crippen molar-refractivity contribution in [2.45, 2.75) is 45.3 Å². The molecule has 1 aliphatic carbocycles. The molecule has 0 saturated heterocycles. The summed E-state index contributed by atoms with van der Waals surface area (Å²) in [5, 5.41) is 0. The van der Waals surface area contributed by atoms with Gasteiger partial charge in [-0.05, 0) is 38.4 Å². The molecule has 2 heteroatoms. The molecule has 14 heavy (non-hydrogen) atoms. The van der Waals surface area contributed by atoms with Crippen molar-refractivity contribution in [2.75, 3.05) is 6.61 Å². The number of hydrogen-bond acceptors (Lipinski definition) is 1. The topological polar surface area (TPSA) is 9.23 Å². The van der Waals surface area contributed by atoms with Crippen molar-refractivity contribution in [3.05, 3.63) is 23.8 Å². The average molecular weight is 210 g/mol. The Balaban J connectivity index is 2.74. The maximum atomic E-state index is 5.96. The summed E-state index contributed by atoms with van der Waals surface area (Å²) in [6, 6.07) is 0. The normalized spacial score (nSPS) is 18.4. The van der Waals surface area contributed by atoms with Crippen molar-refractivity contribution in [1.82, 2.24) is 0 Å². The van der Waals surface area contributed by atoms with Crippen LogP contribution in [0, 0.1) is 0 Å². The van der Waals surface area contributed by atoms with Gasteiger partial charge in [-0.2, -0.15) is 0 Å². The Morgan fingerprint density at radius 1 is 1.43 bits per heavy atom. The molecule has 0 aliphatic heterocycles. The molecule has 1 unspecified atom stereocenters. The third-order valence-electron chi connectivity index (χ3n) is 2.97. The zero-order valence-corrected chi connectivity index (χ0v) is 10.8. The van der Waals surface area contributed by atoms with Gasteiger partial charge in [0.25, 0.3) is 0 Å². The van der Waals surface area contributed by atoms with Gasteiger partial charge in [0.15, 0.2) is 8.32 Å². The summed E-state index contributed by atoms with van der Waals surface area (Å²) in [4.78, 5) is 0. The fraction of sp³-hybridized carbons (Fsp3) is 0.667. The molecule has 0 saturated carbocycles. The highest BCUT2D eigenvalue weighted by Crippen LogP contribution is 2.36. The van der Waals surface area contributed by atoms with E-state index in [1.807, 2.05) is 0 Å². The Labute approximate surface area is 89.0 Å². The summed E-state index contributed by atoms with van der Waals surface area (Å²) in [6.07, 6.45) is 9.19. The Kier molecular flexibility index (Phi) is 4.14. The van der Waals surface area contributed by atoms with Gasteiger partial charge in [-0.15, -0.1) is 0 Å². The van der Waals surface area contributed by atoms with Crippen molar-refractivity contribution in [2.24, 2.45) is 0 Å². The van der Waals surface area contributed by atoms with Crippen LogP contribution in [0.25, 0.3) is 0 Å². The van der Waals surface area contributed by atoms with Crippen LogP contribution in [-0.2, 0) is 4.43 Å². The molecule has 1 rings (SSSR count). The summed E-state index contributed by atoms with van der Waals surface area (Å²) >= 11 is 0. The van der Waals surface area contributed by atoms with Gasteiger partial charge in [0.05, 0.1) is 0 Å². The molecule has 1 aliphatic rings. The van der Waals surface area contributed by atoms with Crippen molar-refractivity contribution in [1.29, 1.82) is 0 Å². The predicted octanol–water partition coefficient (Wildman–Crippen LogP) is 3.89. The summed E-state index contributed by atoms with van der Waals surface area (Å²) in [7, 11) is -1.52. The molecule has 80 valence electrons. The van der Waals surface area contributed by atoms with Gasteiger partial charge in [0, 0.05) is 12.1 Å². The Bertz CT molecular complexity index is 241. The van der Waals surface area contributed by atoms with E-state index in [-0.39, 0.29) is 0 Å². The largest absolute Gasteiger partial charge is 0.417 e. The Morgan fingerprint density at radius 2 is 2.14 bits per heavy atom. The fourth-order valence-electron chi connectivity index (χ4n) is 2.34. The third-order valence-corrected chi connectivity index (χ3v) is 6.42. The molecule has 0 heterocycles. The first-order chi connectivity index (χ1) is 6.61. The maximum absolute atomic E-state index is 5.96. The first kappa shape index (κ1) is 11.7.